The first-order chi connectivity index (χ1) is 6.68. The molecule has 0 fully saturated rings. The molecule has 0 aromatic heterocycles. The molecule has 0 aliphatic carbocycles. The molecule has 0 aromatic rings. The van der Waals surface area contributed by atoms with Gasteiger partial charge in [0.2, 0.25) is 0 Å². The molecule has 0 amide bonds. The Morgan fingerprint density at radius 1 is 1.00 bits per heavy atom. The van der Waals surface area contributed by atoms with E-state index in [0.717, 1.165) is 0 Å². The number of hydrogen-bond acceptors (Lipinski definition) is 2. The van der Waals surface area contributed by atoms with Gasteiger partial charge < -0.3 is 10.2 Å². The quantitative estimate of drug-likeness (QED) is 0.760. The van der Waals surface area contributed by atoms with Crippen molar-refractivity contribution in [3.05, 3.63) is 0 Å². The van der Waals surface area contributed by atoms with E-state index in [1.807, 2.05) is 27.7 Å². The standard InChI is InChI=1S/C6H12O2.C5H10O2/c1-4(2)5(3)6(7)8;1-4(2)3-5(6)7/h4-5H,1-3H3,(H,7,8);4H,3H2,1-2H3,(H,6,7). The van der Waals surface area contributed by atoms with Crippen molar-refractivity contribution in [3.8, 4) is 0 Å². The average molecular weight is 218 g/mol. The van der Waals surface area contributed by atoms with Gasteiger partial charge in [0.1, 0.15) is 0 Å². The summed E-state index contributed by atoms with van der Waals surface area (Å²) >= 11 is 0. The minimum absolute atomic E-state index is 0.213. The highest BCUT2D eigenvalue weighted by Gasteiger charge is 2.13. The second-order valence-corrected chi connectivity index (χ2v) is 4.36. The van der Waals surface area contributed by atoms with E-state index in [2.05, 4.69) is 0 Å². The molecule has 4 heteroatoms. The van der Waals surface area contributed by atoms with Crippen molar-refractivity contribution in [2.45, 2.75) is 41.0 Å². The van der Waals surface area contributed by atoms with Gasteiger partial charge in [-0.05, 0) is 11.8 Å². The van der Waals surface area contributed by atoms with Gasteiger partial charge in [-0.15, -0.1) is 0 Å². The number of carboxylic acids is 2. The van der Waals surface area contributed by atoms with Gasteiger partial charge in [0.25, 0.3) is 0 Å². The van der Waals surface area contributed by atoms with Gasteiger partial charge in [0.15, 0.2) is 0 Å². The molecule has 0 saturated carbocycles. The molecule has 0 saturated heterocycles. The lowest BCUT2D eigenvalue weighted by atomic mass is 9.99. The molecule has 1 unspecified atom stereocenters. The van der Waals surface area contributed by atoms with E-state index in [-0.39, 0.29) is 24.2 Å². The zero-order chi connectivity index (χ0) is 12.6. The molecule has 0 aliphatic rings. The normalized spacial score (nSPS) is 11.9. The first kappa shape index (κ1) is 16.4. The second kappa shape index (κ2) is 8.26. The van der Waals surface area contributed by atoms with Crippen LogP contribution < -0.4 is 0 Å². The van der Waals surface area contributed by atoms with Crippen LogP contribution in [0, 0.1) is 17.8 Å². The predicted octanol–water partition coefficient (Wildman–Crippen LogP) is 2.48. The Labute approximate surface area is 91.3 Å². The fraction of sp³-hybridized carbons (Fsp3) is 0.818. The fourth-order valence-corrected chi connectivity index (χ4v) is 0.634. The van der Waals surface area contributed by atoms with Crippen LogP contribution in [-0.4, -0.2) is 22.2 Å². The maximum atomic E-state index is 10.1. The fourth-order valence-electron chi connectivity index (χ4n) is 0.634. The molecule has 4 nitrogen and oxygen atoms in total. The summed E-state index contributed by atoms with van der Waals surface area (Å²) in [6.45, 7) is 9.28. The SMILES string of the molecule is CC(C)C(C)C(=O)O.CC(C)CC(=O)O. The van der Waals surface area contributed by atoms with Gasteiger partial charge in [-0.2, -0.15) is 0 Å². The zero-order valence-electron chi connectivity index (χ0n) is 10.2. The Hall–Kier alpha value is -1.06. The summed E-state index contributed by atoms with van der Waals surface area (Å²) < 4.78 is 0. The van der Waals surface area contributed by atoms with Gasteiger partial charge in [-0.3, -0.25) is 9.59 Å². The predicted molar refractivity (Wildman–Crippen MR) is 58.7 cm³/mol. The smallest absolute Gasteiger partial charge is 0.306 e. The van der Waals surface area contributed by atoms with Crippen molar-refractivity contribution >= 4 is 11.9 Å². The topological polar surface area (TPSA) is 74.6 Å². The highest BCUT2D eigenvalue weighted by molar-refractivity contribution is 5.69. The molecule has 0 heterocycles. The van der Waals surface area contributed by atoms with E-state index in [9.17, 15) is 9.59 Å². The molecule has 0 aliphatic heterocycles. The van der Waals surface area contributed by atoms with Crippen LogP contribution in [0.1, 0.15) is 41.0 Å². The zero-order valence-corrected chi connectivity index (χ0v) is 10.2. The number of carbonyl (C=O) groups is 2. The van der Waals surface area contributed by atoms with Crippen molar-refractivity contribution in [3.63, 3.8) is 0 Å². The number of rotatable bonds is 4. The third-order valence-electron chi connectivity index (χ3n) is 1.97. The van der Waals surface area contributed by atoms with Gasteiger partial charge in [0.05, 0.1) is 5.92 Å². The lowest BCUT2D eigenvalue weighted by Crippen LogP contribution is -2.15. The Balaban J connectivity index is 0. The number of aliphatic carboxylic acids is 2. The second-order valence-electron chi connectivity index (χ2n) is 4.36. The van der Waals surface area contributed by atoms with Crippen molar-refractivity contribution in [2.24, 2.45) is 17.8 Å². The Morgan fingerprint density at radius 3 is 1.40 bits per heavy atom. The summed E-state index contributed by atoms with van der Waals surface area (Å²) in [6, 6.07) is 0. The Bertz CT molecular complexity index is 197. The van der Waals surface area contributed by atoms with E-state index < -0.39 is 11.9 Å². The monoisotopic (exact) mass is 218 g/mol. The van der Waals surface area contributed by atoms with Gasteiger partial charge >= 0.3 is 11.9 Å². The van der Waals surface area contributed by atoms with Gasteiger partial charge in [0, 0.05) is 6.42 Å². The lowest BCUT2D eigenvalue weighted by molar-refractivity contribution is -0.142. The third kappa shape index (κ3) is 12.9. The van der Waals surface area contributed by atoms with Crippen LogP contribution >= 0.6 is 0 Å². The highest BCUT2D eigenvalue weighted by Crippen LogP contribution is 2.08. The van der Waals surface area contributed by atoms with E-state index in [1.165, 1.54) is 0 Å². The van der Waals surface area contributed by atoms with Crippen molar-refractivity contribution in [2.75, 3.05) is 0 Å². The summed E-state index contributed by atoms with van der Waals surface area (Å²) in [6.07, 6.45) is 0.278. The van der Waals surface area contributed by atoms with Crippen LogP contribution in [0.15, 0.2) is 0 Å². The first-order valence-corrected chi connectivity index (χ1v) is 5.13. The van der Waals surface area contributed by atoms with E-state index in [1.54, 1.807) is 6.92 Å². The van der Waals surface area contributed by atoms with Gasteiger partial charge in [-0.25, -0.2) is 0 Å². The number of hydrogen-bond donors (Lipinski definition) is 2. The summed E-state index contributed by atoms with van der Waals surface area (Å²) in [5, 5.41) is 16.4. The first-order valence-electron chi connectivity index (χ1n) is 5.13. The molecule has 1 atom stereocenters. The van der Waals surface area contributed by atoms with Crippen LogP contribution in [0.5, 0.6) is 0 Å². The molecular formula is C11H22O4. The van der Waals surface area contributed by atoms with E-state index in [4.69, 9.17) is 10.2 Å². The lowest BCUT2D eigenvalue weighted by Gasteiger charge is -2.07. The summed E-state index contributed by atoms with van der Waals surface area (Å²) in [7, 11) is 0. The minimum atomic E-state index is -0.713. The average Bonchev–Trinajstić information content (AvgIpc) is 2.00. The molecule has 0 spiro atoms. The summed E-state index contributed by atoms with van der Waals surface area (Å²) in [5.74, 6) is -1.12. The summed E-state index contributed by atoms with van der Waals surface area (Å²) in [4.78, 5) is 20.0. The largest absolute Gasteiger partial charge is 0.481 e. The van der Waals surface area contributed by atoms with Crippen LogP contribution in [0.4, 0.5) is 0 Å². The Kier molecular flexibility index (Phi) is 9.02. The maximum Gasteiger partial charge on any atom is 0.306 e. The van der Waals surface area contributed by atoms with Crippen LogP contribution in [0.2, 0.25) is 0 Å². The van der Waals surface area contributed by atoms with Crippen molar-refractivity contribution < 1.29 is 19.8 Å². The van der Waals surface area contributed by atoms with Crippen molar-refractivity contribution in [1.82, 2.24) is 0 Å². The van der Waals surface area contributed by atoms with Crippen LogP contribution in [0.25, 0.3) is 0 Å². The minimum Gasteiger partial charge on any atom is -0.481 e. The Morgan fingerprint density at radius 2 is 1.40 bits per heavy atom. The van der Waals surface area contributed by atoms with Gasteiger partial charge in [-0.1, -0.05) is 34.6 Å². The summed E-state index contributed by atoms with van der Waals surface area (Å²) in [5.41, 5.74) is 0. The molecule has 0 bridgehead atoms. The van der Waals surface area contributed by atoms with E-state index in [0.29, 0.717) is 0 Å². The third-order valence-corrected chi connectivity index (χ3v) is 1.97. The molecule has 15 heavy (non-hydrogen) atoms. The van der Waals surface area contributed by atoms with Crippen LogP contribution in [0.3, 0.4) is 0 Å². The molecule has 0 aromatic carbocycles. The molecule has 90 valence electrons. The number of carboxylic acid groups (broad SMARTS) is 2. The maximum absolute atomic E-state index is 10.1. The molecule has 2 N–H and O–H groups in total. The highest BCUT2D eigenvalue weighted by atomic mass is 16.4. The van der Waals surface area contributed by atoms with E-state index >= 15 is 0 Å². The molecular weight excluding hydrogens is 196 g/mol. The van der Waals surface area contributed by atoms with Crippen molar-refractivity contribution in [1.29, 1.82) is 0 Å². The molecule has 0 radical (unpaired) electrons. The van der Waals surface area contributed by atoms with Crippen LogP contribution in [-0.2, 0) is 9.59 Å². The molecule has 0 rings (SSSR count).